The van der Waals surface area contributed by atoms with Crippen LogP contribution in [0.4, 0.5) is 11.8 Å². The Labute approximate surface area is 245 Å². The number of aromatic nitrogens is 2. The van der Waals surface area contributed by atoms with Crippen LogP contribution >= 0.6 is 11.6 Å². The van der Waals surface area contributed by atoms with E-state index < -0.39 is 0 Å². The fourth-order valence-electron chi connectivity index (χ4n) is 5.12. The van der Waals surface area contributed by atoms with Crippen molar-refractivity contribution in [1.29, 1.82) is 0 Å². The monoisotopic (exact) mass is 581 g/mol. The summed E-state index contributed by atoms with van der Waals surface area (Å²) in [7, 11) is 1.34. The van der Waals surface area contributed by atoms with Crippen molar-refractivity contribution in [1.82, 2.24) is 14.9 Å². The lowest BCUT2D eigenvalue weighted by atomic mass is 9.88. The molecule has 1 aliphatic heterocycles. The largest absolute Gasteiger partial charge is 0.489 e. The van der Waals surface area contributed by atoms with E-state index in [1.807, 2.05) is 30.3 Å². The third-order valence-electron chi connectivity index (χ3n) is 7.34. The van der Waals surface area contributed by atoms with Crippen molar-refractivity contribution in [2.24, 2.45) is 0 Å². The lowest BCUT2D eigenvalue weighted by molar-refractivity contribution is -0.146. The van der Waals surface area contributed by atoms with Crippen LogP contribution in [0.1, 0.15) is 16.7 Å². The number of aryl methyl sites for hydroxylation is 1. The number of esters is 1. The van der Waals surface area contributed by atoms with Crippen LogP contribution in [0.15, 0.2) is 42.5 Å². The molecule has 0 bridgehead atoms. The number of piperazine rings is 1. The zero-order valence-electron chi connectivity index (χ0n) is 23.3. The van der Waals surface area contributed by atoms with Crippen LogP contribution in [0.3, 0.4) is 0 Å². The van der Waals surface area contributed by atoms with Gasteiger partial charge in [-0.25, -0.2) is 9.78 Å². The SMILES string of the molecule is COC(=O)COCCOCCN1CCN(c2nc(N)nc3c2CCc2cc(OCc4ccc(Cl)cc4)ccc2-3)CC1. The van der Waals surface area contributed by atoms with Gasteiger partial charge in [-0.15, -0.1) is 0 Å². The van der Waals surface area contributed by atoms with Crippen LogP contribution in [0.2, 0.25) is 5.02 Å². The molecule has 2 N–H and O–H groups in total. The number of rotatable bonds is 12. The van der Waals surface area contributed by atoms with Crippen molar-refractivity contribution in [3.05, 3.63) is 64.2 Å². The standard InChI is InChI=1S/C30H36ClN5O5/c1-38-27(37)20-40-17-16-39-15-14-35-10-12-36(13-11-35)29-26-8-4-22-18-24(41-19-21-2-5-23(31)6-3-21)7-9-25(22)28(26)33-30(32)34-29/h2-3,5-7,9,18H,4,8,10-17,19-20H2,1H3,(H2,32,33,34). The summed E-state index contributed by atoms with van der Waals surface area (Å²) in [5.74, 6) is 1.68. The van der Waals surface area contributed by atoms with E-state index in [1.165, 1.54) is 12.7 Å². The lowest BCUT2D eigenvalue weighted by Gasteiger charge is -2.37. The van der Waals surface area contributed by atoms with E-state index in [1.54, 1.807) is 0 Å². The number of halogens is 1. The van der Waals surface area contributed by atoms with Gasteiger partial charge in [0.05, 0.1) is 32.6 Å². The summed E-state index contributed by atoms with van der Waals surface area (Å²) in [5, 5.41) is 0.714. The van der Waals surface area contributed by atoms with E-state index >= 15 is 0 Å². The topological polar surface area (TPSA) is 112 Å². The quantitative estimate of drug-likeness (QED) is 0.252. The summed E-state index contributed by atoms with van der Waals surface area (Å²) in [6.45, 7) is 6.22. The van der Waals surface area contributed by atoms with Crippen molar-refractivity contribution in [3.8, 4) is 17.0 Å². The third-order valence-corrected chi connectivity index (χ3v) is 7.59. The molecule has 0 amide bonds. The molecule has 2 heterocycles. The van der Waals surface area contributed by atoms with Gasteiger partial charge in [0, 0.05) is 48.9 Å². The zero-order chi connectivity index (χ0) is 28.6. The number of anilines is 2. The molecular formula is C30H36ClN5O5. The third kappa shape index (κ3) is 7.65. The van der Waals surface area contributed by atoms with Crippen LogP contribution in [-0.4, -0.2) is 87.1 Å². The van der Waals surface area contributed by atoms with Gasteiger partial charge in [-0.1, -0.05) is 23.7 Å². The number of methoxy groups -OCH3 is 1. The van der Waals surface area contributed by atoms with Crippen LogP contribution in [0, 0.1) is 0 Å². The van der Waals surface area contributed by atoms with Gasteiger partial charge in [0.15, 0.2) is 0 Å². The van der Waals surface area contributed by atoms with E-state index in [2.05, 4.69) is 36.6 Å². The van der Waals surface area contributed by atoms with Crippen LogP contribution in [0.5, 0.6) is 5.75 Å². The van der Waals surface area contributed by atoms with Gasteiger partial charge < -0.3 is 29.6 Å². The number of hydrogen-bond acceptors (Lipinski definition) is 10. The molecule has 0 unspecified atom stereocenters. The first-order valence-electron chi connectivity index (χ1n) is 13.9. The van der Waals surface area contributed by atoms with Gasteiger partial charge >= 0.3 is 5.97 Å². The number of carbonyl (C=O) groups is 1. The molecule has 5 rings (SSSR count). The van der Waals surface area contributed by atoms with Gasteiger partial charge in [-0.3, -0.25) is 4.90 Å². The normalized spacial score (nSPS) is 14.8. The Morgan fingerprint density at radius 3 is 2.54 bits per heavy atom. The second-order valence-corrected chi connectivity index (χ2v) is 10.5. The Balaban J connectivity index is 1.15. The predicted molar refractivity (Wildman–Crippen MR) is 157 cm³/mol. The first kappa shape index (κ1) is 29.1. The second kappa shape index (κ2) is 14.0. The Morgan fingerprint density at radius 2 is 1.76 bits per heavy atom. The summed E-state index contributed by atoms with van der Waals surface area (Å²) in [6, 6.07) is 13.9. The first-order chi connectivity index (χ1) is 20.0. The number of benzene rings is 2. The summed E-state index contributed by atoms with van der Waals surface area (Å²) in [6.07, 6.45) is 1.74. The van der Waals surface area contributed by atoms with E-state index in [9.17, 15) is 4.79 Å². The van der Waals surface area contributed by atoms with E-state index in [0.29, 0.717) is 37.4 Å². The molecule has 11 heteroatoms. The summed E-state index contributed by atoms with van der Waals surface area (Å²) in [4.78, 5) is 25.1. The fraction of sp³-hybridized carbons (Fsp3) is 0.433. The maximum absolute atomic E-state index is 11.1. The van der Waals surface area contributed by atoms with Gasteiger partial charge in [-0.05, 0) is 54.3 Å². The van der Waals surface area contributed by atoms with Crippen LogP contribution in [-0.2, 0) is 38.5 Å². The van der Waals surface area contributed by atoms with Crippen molar-refractivity contribution in [3.63, 3.8) is 0 Å². The molecule has 41 heavy (non-hydrogen) atoms. The minimum atomic E-state index is -0.385. The average Bonchev–Trinajstić information content (AvgIpc) is 2.99. The molecule has 10 nitrogen and oxygen atoms in total. The van der Waals surface area contributed by atoms with Crippen molar-refractivity contribution >= 4 is 29.3 Å². The molecule has 2 aromatic carbocycles. The Bertz CT molecular complexity index is 1330. The van der Waals surface area contributed by atoms with E-state index in [4.69, 9.17) is 31.5 Å². The molecule has 1 fully saturated rings. The lowest BCUT2D eigenvalue weighted by Crippen LogP contribution is -2.48. The summed E-state index contributed by atoms with van der Waals surface area (Å²) >= 11 is 5.99. The minimum Gasteiger partial charge on any atom is -0.489 e. The highest BCUT2D eigenvalue weighted by atomic mass is 35.5. The maximum atomic E-state index is 11.1. The summed E-state index contributed by atoms with van der Waals surface area (Å²) in [5.41, 5.74) is 11.7. The van der Waals surface area contributed by atoms with Crippen LogP contribution in [0.25, 0.3) is 11.3 Å². The summed E-state index contributed by atoms with van der Waals surface area (Å²) < 4.78 is 21.5. The molecule has 0 radical (unpaired) electrons. The van der Waals surface area contributed by atoms with Crippen molar-refractivity contribution in [2.75, 3.05) is 76.9 Å². The molecular weight excluding hydrogens is 546 g/mol. The van der Waals surface area contributed by atoms with E-state index in [-0.39, 0.29) is 12.6 Å². The molecule has 3 aromatic rings. The molecule has 1 aromatic heterocycles. The van der Waals surface area contributed by atoms with Crippen molar-refractivity contribution < 1.29 is 23.7 Å². The average molecular weight is 582 g/mol. The number of fused-ring (bicyclic) bond motifs is 3. The predicted octanol–water partition coefficient (Wildman–Crippen LogP) is 3.39. The fourth-order valence-corrected chi connectivity index (χ4v) is 5.25. The van der Waals surface area contributed by atoms with E-state index in [0.717, 1.165) is 79.5 Å². The first-order valence-corrected chi connectivity index (χ1v) is 14.2. The Hall–Kier alpha value is -3.44. The highest BCUT2D eigenvalue weighted by molar-refractivity contribution is 6.30. The zero-order valence-corrected chi connectivity index (χ0v) is 24.1. The molecule has 0 spiro atoms. The highest BCUT2D eigenvalue weighted by Gasteiger charge is 2.27. The number of hydrogen-bond donors (Lipinski definition) is 1. The van der Waals surface area contributed by atoms with Crippen molar-refractivity contribution in [2.45, 2.75) is 19.4 Å². The second-order valence-electron chi connectivity index (χ2n) is 10.0. The molecule has 1 aliphatic carbocycles. The molecule has 218 valence electrons. The Morgan fingerprint density at radius 1 is 0.976 bits per heavy atom. The number of nitrogens with two attached hydrogens (primary N) is 1. The molecule has 2 aliphatic rings. The van der Waals surface area contributed by atoms with Gasteiger partial charge in [-0.2, -0.15) is 4.98 Å². The number of carbonyl (C=O) groups excluding carboxylic acids is 1. The van der Waals surface area contributed by atoms with Crippen LogP contribution < -0.4 is 15.4 Å². The molecule has 1 saturated heterocycles. The van der Waals surface area contributed by atoms with Gasteiger partial charge in [0.1, 0.15) is 24.8 Å². The number of nitrogens with zero attached hydrogens (tertiary/aromatic N) is 4. The van der Waals surface area contributed by atoms with Gasteiger partial charge in [0.25, 0.3) is 0 Å². The maximum Gasteiger partial charge on any atom is 0.331 e. The highest BCUT2D eigenvalue weighted by Crippen LogP contribution is 2.38. The minimum absolute atomic E-state index is 0.0504. The van der Waals surface area contributed by atoms with Gasteiger partial charge in [0.2, 0.25) is 5.95 Å². The number of ether oxygens (including phenoxy) is 4. The molecule has 0 saturated carbocycles. The smallest absolute Gasteiger partial charge is 0.331 e. The number of nitrogen functional groups attached to an aromatic ring is 1. The molecule has 0 atom stereocenters. The Kier molecular flexibility index (Phi) is 9.89.